The molecular weight excluding hydrogens is 507 g/mol. The molecule has 1 aliphatic rings. The molecule has 3 rings (SSSR count). The van der Waals surface area contributed by atoms with Gasteiger partial charge in [0, 0.05) is 45.1 Å². The predicted octanol–water partition coefficient (Wildman–Crippen LogP) is 4.16. The number of aliphatic imine (C=N–C) groups is 1. The number of oxazole rings is 1. The fraction of sp³-hybridized carbons (Fsp3) is 0.565. The van der Waals surface area contributed by atoms with Gasteiger partial charge in [-0.05, 0) is 39.0 Å². The number of hydrogen-bond acceptors (Lipinski definition) is 5. The van der Waals surface area contributed by atoms with E-state index in [1.54, 1.807) is 6.20 Å². The van der Waals surface area contributed by atoms with Crippen molar-refractivity contribution in [3.05, 3.63) is 41.9 Å². The molecule has 0 bridgehead atoms. The first-order valence-corrected chi connectivity index (χ1v) is 10.9. The number of nitrogens with zero attached hydrogens (tertiary/aromatic N) is 2. The summed E-state index contributed by atoms with van der Waals surface area (Å²) in [5.41, 5.74) is 2.24. The lowest BCUT2D eigenvalue weighted by Crippen LogP contribution is -2.38. The van der Waals surface area contributed by atoms with E-state index in [0.29, 0.717) is 18.4 Å². The zero-order valence-corrected chi connectivity index (χ0v) is 20.9. The van der Waals surface area contributed by atoms with Crippen molar-refractivity contribution in [2.75, 3.05) is 39.5 Å². The van der Waals surface area contributed by atoms with E-state index in [1.807, 2.05) is 12.1 Å². The van der Waals surface area contributed by atoms with E-state index in [-0.39, 0.29) is 24.0 Å². The van der Waals surface area contributed by atoms with E-state index < -0.39 is 0 Å². The molecule has 1 aliphatic heterocycles. The van der Waals surface area contributed by atoms with Crippen molar-refractivity contribution in [1.29, 1.82) is 0 Å². The van der Waals surface area contributed by atoms with E-state index in [2.05, 4.69) is 46.6 Å². The Balaban J connectivity index is 0.00000341. The summed E-state index contributed by atoms with van der Waals surface area (Å²) in [6, 6.07) is 8.21. The van der Waals surface area contributed by atoms with Crippen LogP contribution in [0.15, 0.2) is 39.9 Å². The lowest BCUT2D eigenvalue weighted by Gasteiger charge is -2.21. The molecule has 1 fully saturated rings. The highest BCUT2D eigenvalue weighted by atomic mass is 127. The molecule has 172 valence electrons. The minimum atomic E-state index is 0. The highest BCUT2D eigenvalue weighted by Gasteiger charge is 2.13. The van der Waals surface area contributed by atoms with E-state index in [0.717, 1.165) is 76.1 Å². The maximum Gasteiger partial charge on any atom is 0.216 e. The van der Waals surface area contributed by atoms with Gasteiger partial charge in [0.15, 0.2) is 11.7 Å². The zero-order chi connectivity index (χ0) is 21.0. The van der Waals surface area contributed by atoms with Gasteiger partial charge in [-0.25, -0.2) is 9.98 Å². The first-order chi connectivity index (χ1) is 14.7. The molecule has 0 amide bonds. The minimum absolute atomic E-state index is 0. The van der Waals surface area contributed by atoms with Crippen LogP contribution in [0, 0.1) is 12.8 Å². The topological polar surface area (TPSA) is 80.9 Å². The zero-order valence-electron chi connectivity index (χ0n) is 18.6. The number of benzene rings is 1. The van der Waals surface area contributed by atoms with Crippen LogP contribution >= 0.6 is 24.0 Å². The number of aryl methyl sites for hydroxylation is 1. The van der Waals surface area contributed by atoms with Crippen molar-refractivity contribution < 1.29 is 13.9 Å². The molecule has 0 aliphatic carbocycles. The molecule has 2 N–H and O–H groups in total. The molecule has 0 saturated carbocycles. The first kappa shape index (κ1) is 25.6. The number of halogens is 1. The van der Waals surface area contributed by atoms with Crippen LogP contribution in [0.2, 0.25) is 0 Å². The number of guanidine groups is 1. The monoisotopic (exact) mass is 542 g/mol. The second-order valence-electron chi connectivity index (χ2n) is 7.59. The second-order valence-corrected chi connectivity index (χ2v) is 7.59. The van der Waals surface area contributed by atoms with E-state index in [4.69, 9.17) is 13.9 Å². The van der Waals surface area contributed by atoms with Crippen LogP contribution in [-0.2, 0) is 16.0 Å². The Bertz CT molecular complexity index is 773. The van der Waals surface area contributed by atoms with Gasteiger partial charge in [0.05, 0.1) is 6.20 Å². The predicted molar refractivity (Wildman–Crippen MR) is 134 cm³/mol. The lowest BCUT2D eigenvalue weighted by molar-refractivity contribution is 0.0203. The van der Waals surface area contributed by atoms with Gasteiger partial charge in [0.25, 0.3) is 0 Å². The van der Waals surface area contributed by atoms with Crippen LogP contribution in [0.5, 0.6) is 0 Å². The van der Waals surface area contributed by atoms with Crippen molar-refractivity contribution in [3.63, 3.8) is 0 Å². The van der Waals surface area contributed by atoms with Crippen molar-refractivity contribution in [2.45, 2.75) is 39.7 Å². The van der Waals surface area contributed by atoms with Gasteiger partial charge in [-0.2, -0.15) is 0 Å². The first-order valence-electron chi connectivity index (χ1n) is 10.9. The number of aromatic nitrogens is 1. The molecule has 2 heterocycles. The van der Waals surface area contributed by atoms with Gasteiger partial charge in [0.2, 0.25) is 5.89 Å². The standard InChI is InChI=1S/C23H34N4O3.HI/c1-3-24-23(25-11-4-12-29-17-19-9-13-28-14-10-19)27-16-22-26-15-21(30-22)20-7-5-18(2)6-8-20;/h5-8,15,19H,3-4,9-14,16-17H2,1-2H3,(H2,24,25,27);1H. The summed E-state index contributed by atoms with van der Waals surface area (Å²) in [5, 5.41) is 6.60. The van der Waals surface area contributed by atoms with Crippen molar-refractivity contribution in [1.82, 2.24) is 15.6 Å². The number of nitrogens with one attached hydrogen (secondary N) is 2. The molecular formula is C23H35IN4O3. The average molecular weight is 542 g/mol. The van der Waals surface area contributed by atoms with Gasteiger partial charge in [0.1, 0.15) is 6.54 Å². The summed E-state index contributed by atoms with van der Waals surface area (Å²) in [4.78, 5) is 8.93. The molecule has 1 aromatic heterocycles. The fourth-order valence-electron chi connectivity index (χ4n) is 3.27. The van der Waals surface area contributed by atoms with Crippen LogP contribution in [0.1, 0.15) is 37.6 Å². The fourth-order valence-corrected chi connectivity index (χ4v) is 3.27. The third-order valence-electron chi connectivity index (χ3n) is 5.06. The van der Waals surface area contributed by atoms with Crippen LogP contribution in [0.4, 0.5) is 0 Å². The van der Waals surface area contributed by atoms with Crippen LogP contribution in [0.3, 0.4) is 0 Å². The van der Waals surface area contributed by atoms with Gasteiger partial charge in [-0.1, -0.05) is 29.8 Å². The Kier molecular flexibility index (Phi) is 11.9. The molecule has 8 heteroatoms. The molecule has 0 atom stereocenters. The summed E-state index contributed by atoms with van der Waals surface area (Å²) in [6.07, 6.45) is 4.92. The Hall–Kier alpha value is -1.65. The van der Waals surface area contributed by atoms with E-state index in [1.165, 1.54) is 5.56 Å². The summed E-state index contributed by atoms with van der Waals surface area (Å²) >= 11 is 0. The van der Waals surface area contributed by atoms with Crippen LogP contribution in [0.25, 0.3) is 11.3 Å². The van der Waals surface area contributed by atoms with Gasteiger partial charge in [-0.3, -0.25) is 0 Å². The highest BCUT2D eigenvalue weighted by molar-refractivity contribution is 14.0. The smallest absolute Gasteiger partial charge is 0.216 e. The van der Waals surface area contributed by atoms with Crippen LogP contribution < -0.4 is 10.6 Å². The third-order valence-corrected chi connectivity index (χ3v) is 5.06. The van der Waals surface area contributed by atoms with Crippen LogP contribution in [-0.4, -0.2) is 50.5 Å². The summed E-state index contributed by atoms with van der Waals surface area (Å²) in [6.45, 7) is 9.44. The van der Waals surface area contributed by atoms with Crippen molar-refractivity contribution in [3.8, 4) is 11.3 Å². The molecule has 1 saturated heterocycles. The van der Waals surface area contributed by atoms with Crippen molar-refractivity contribution >= 4 is 29.9 Å². The molecule has 0 unspecified atom stereocenters. The van der Waals surface area contributed by atoms with E-state index >= 15 is 0 Å². The van der Waals surface area contributed by atoms with Gasteiger partial charge >= 0.3 is 0 Å². The molecule has 0 spiro atoms. The van der Waals surface area contributed by atoms with Gasteiger partial charge in [-0.15, -0.1) is 24.0 Å². The number of hydrogen-bond donors (Lipinski definition) is 2. The molecule has 1 aromatic carbocycles. The number of rotatable bonds is 10. The highest BCUT2D eigenvalue weighted by Crippen LogP contribution is 2.21. The van der Waals surface area contributed by atoms with E-state index in [9.17, 15) is 0 Å². The summed E-state index contributed by atoms with van der Waals surface area (Å²) in [7, 11) is 0. The quantitative estimate of drug-likeness (QED) is 0.203. The second kappa shape index (κ2) is 14.4. The van der Waals surface area contributed by atoms with Crippen molar-refractivity contribution in [2.24, 2.45) is 10.9 Å². The minimum Gasteiger partial charge on any atom is -0.439 e. The third kappa shape index (κ3) is 9.16. The average Bonchev–Trinajstić information content (AvgIpc) is 3.24. The molecule has 31 heavy (non-hydrogen) atoms. The van der Waals surface area contributed by atoms with Gasteiger partial charge < -0.3 is 24.5 Å². The Labute approximate surface area is 202 Å². The largest absolute Gasteiger partial charge is 0.439 e. The summed E-state index contributed by atoms with van der Waals surface area (Å²) in [5.74, 6) is 2.77. The normalized spacial score (nSPS) is 14.8. The molecule has 0 radical (unpaired) electrons. The maximum absolute atomic E-state index is 5.85. The molecule has 7 nitrogen and oxygen atoms in total. The summed E-state index contributed by atoms with van der Waals surface area (Å²) < 4.78 is 17.0. The SMILES string of the molecule is CCNC(=NCc1ncc(-c2ccc(C)cc2)o1)NCCCOCC1CCOCC1.I. The molecule has 2 aromatic rings. The maximum atomic E-state index is 5.85. The Morgan fingerprint density at radius 2 is 1.97 bits per heavy atom. The number of ether oxygens (including phenoxy) is 2. The Morgan fingerprint density at radius 1 is 1.19 bits per heavy atom. The Morgan fingerprint density at radius 3 is 2.71 bits per heavy atom. The lowest BCUT2D eigenvalue weighted by atomic mass is 10.0.